The first-order valence-corrected chi connectivity index (χ1v) is 9.05. The first-order valence-electron chi connectivity index (χ1n) is 7.89. The molecule has 0 radical (unpaired) electrons. The standard InChI is InChI=1S/C17H21N3OS/c18-13-14-1-3-16(4-2-14)19-7-5-15(6-8-19)17(21)20-9-11-22-12-10-20/h1-4,15H,5-12H2. The van der Waals surface area contributed by atoms with Gasteiger partial charge >= 0.3 is 0 Å². The number of nitrogens with zero attached hydrogens (tertiary/aromatic N) is 3. The van der Waals surface area contributed by atoms with Gasteiger partial charge in [0.25, 0.3) is 0 Å². The smallest absolute Gasteiger partial charge is 0.225 e. The number of benzene rings is 1. The summed E-state index contributed by atoms with van der Waals surface area (Å²) in [6.45, 7) is 3.68. The van der Waals surface area contributed by atoms with Crippen LogP contribution in [0.3, 0.4) is 0 Å². The van der Waals surface area contributed by atoms with Crippen molar-refractivity contribution >= 4 is 23.4 Å². The number of amides is 1. The number of hydrogen-bond donors (Lipinski definition) is 0. The Balaban J connectivity index is 1.55. The van der Waals surface area contributed by atoms with Crippen LogP contribution in [0.1, 0.15) is 18.4 Å². The zero-order chi connectivity index (χ0) is 15.4. The third-order valence-corrected chi connectivity index (χ3v) is 5.47. The molecule has 0 aliphatic carbocycles. The van der Waals surface area contributed by atoms with E-state index in [0.717, 1.165) is 56.2 Å². The maximum absolute atomic E-state index is 12.5. The van der Waals surface area contributed by atoms with Crippen molar-refractivity contribution in [2.45, 2.75) is 12.8 Å². The fourth-order valence-electron chi connectivity index (χ4n) is 3.17. The minimum atomic E-state index is 0.192. The molecule has 116 valence electrons. The summed E-state index contributed by atoms with van der Waals surface area (Å²) in [6, 6.07) is 9.87. The van der Waals surface area contributed by atoms with Gasteiger partial charge in [0.15, 0.2) is 0 Å². The molecule has 0 aromatic heterocycles. The fraction of sp³-hybridized carbons (Fsp3) is 0.529. The third kappa shape index (κ3) is 3.38. The molecule has 22 heavy (non-hydrogen) atoms. The fourth-order valence-corrected chi connectivity index (χ4v) is 4.08. The van der Waals surface area contributed by atoms with E-state index < -0.39 is 0 Å². The van der Waals surface area contributed by atoms with Gasteiger partial charge in [-0.1, -0.05) is 0 Å². The molecule has 2 saturated heterocycles. The van der Waals surface area contributed by atoms with Crippen LogP contribution in [-0.4, -0.2) is 48.5 Å². The number of rotatable bonds is 2. The third-order valence-electron chi connectivity index (χ3n) is 4.53. The molecule has 1 amide bonds. The van der Waals surface area contributed by atoms with E-state index in [0.29, 0.717) is 11.5 Å². The topological polar surface area (TPSA) is 47.3 Å². The Morgan fingerprint density at radius 2 is 1.73 bits per heavy atom. The molecule has 0 atom stereocenters. The summed E-state index contributed by atoms with van der Waals surface area (Å²) in [7, 11) is 0. The summed E-state index contributed by atoms with van der Waals surface area (Å²) in [5.41, 5.74) is 1.84. The molecule has 2 aliphatic heterocycles. The average Bonchev–Trinajstić information content (AvgIpc) is 2.62. The minimum absolute atomic E-state index is 0.192. The minimum Gasteiger partial charge on any atom is -0.371 e. The summed E-state index contributed by atoms with van der Waals surface area (Å²) in [6.07, 6.45) is 1.87. The second-order valence-corrected chi connectivity index (χ2v) is 7.08. The lowest BCUT2D eigenvalue weighted by Gasteiger charge is -2.36. The van der Waals surface area contributed by atoms with Gasteiger partial charge in [-0.05, 0) is 37.1 Å². The Kier molecular flexibility index (Phi) is 4.89. The highest BCUT2D eigenvalue weighted by molar-refractivity contribution is 7.99. The van der Waals surface area contributed by atoms with Gasteiger partial charge in [-0.15, -0.1) is 0 Å². The van der Waals surface area contributed by atoms with Crippen molar-refractivity contribution < 1.29 is 4.79 Å². The van der Waals surface area contributed by atoms with E-state index in [1.165, 1.54) is 0 Å². The predicted octanol–water partition coefficient (Wildman–Crippen LogP) is 2.35. The zero-order valence-corrected chi connectivity index (χ0v) is 13.5. The molecule has 0 bridgehead atoms. The number of carbonyl (C=O) groups is 1. The molecule has 2 heterocycles. The van der Waals surface area contributed by atoms with E-state index >= 15 is 0 Å². The average molecular weight is 315 g/mol. The highest BCUT2D eigenvalue weighted by atomic mass is 32.2. The van der Waals surface area contributed by atoms with Crippen LogP contribution in [0.4, 0.5) is 5.69 Å². The van der Waals surface area contributed by atoms with Gasteiger partial charge in [0, 0.05) is 49.3 Å². The molecule has 5 heteroatoms. The van der Waals surface area contributed by atoms with Gasteiger partial charge in [0.05, 0.1) is 11.6 Å². The van der Waals surface area contributed by atoms with Crippen LogP contribution in [-0.2, 0) is 4.79 Å². The lowest BCUT2D eigenvalue weighted by molar-refractivity contribution is -0.135. The Bertz CT molecular complexity index is 552. The highest BCUT2D eigenvalue weighted by Gasteiger charge is 2.29. The van der Waals surface area contributed by atoms with E-state index in [4.69, 9.17) is 5.26 Å². The van der Waals surface area contributed by atoms with Gasteiger partial charge in [0.1, 0.15) is 0 Å². The molecule has 0 unspecified atom stereocenters. The normalized spacial score (nSPS) is 19.8. The Labute approximate surface area is 136 Å². The second kappa shape index (κ2) is 7.06. The lowest BCUT2D eigenvalue weighted by Crippen LogP contribution is -2.45. The number of thioether (sulfide) groups is 1. The maximum atomic E-state index is 12.5. The Morgan fingerprint density at radius 3 is 2.32 bits per heavy atom. The molecule has 0 spiro atoms. The van der Waals surface area contributed by atoms with Crippen molar-refractivity contribution in [3.63, 3.8) is 0 Å². The zero-order valence-electron chi connectivity index (χ0n) is 12.7. The maximum Gasteiger partial charge on any atom is 0.225 e. The number of hydrogen-bond acceptors (Lipinski definition) is 4. The quantitative estimate of drug-likeness (QED) is 0.840. The number of carbonyl (C=O) groups excluding carboxylic acids is 1. The first kappa shape index (κ1) is 15.2. The first-order chi connectivity index (χ1) is 10.8. The van der Waals surface area contributed by atoms with Crippen LogP contribution in [0, 0.1) is 17.2 Å². The van der Waals surface area contributed by atoms with Gasteiger partial charge in [-0.25, -0.2) is 0 Å². The van der Waals surface area contributed by atoms with Crippen LogP contribution in [0.2, 0.25) is 0 Å². The van der Waals surface area contributed by atoms with Crippen molar-refractivity contribution in [3.05, 3.63) is 29.8 Å². The van der Waals surface area contributed by atoms with E-state index in [2.05, 4.69) is 15.9 Å². The largest absolute Gasteiger partial charge is 0.371 e. The van der Waals surface area contributed by atoms with Gasteiger partial charge in [0.2, 0.25) is 5.91 Å². The molecule has 0 saturated carbocycles. The van der Waals surface area contributed by atoms with Crippen LogP contribution in [0.25, 0.3) is 0 Å². The van der Waals surface area contributed by atoms with Crippen LogP contribution in [0.5, 0.6) is 0 Å². The molecule has 1 aromatic rings. The van der Waals surface area contributed by atoms with Crippen LogP contribution in [0.15, 0.2) is 24.3 Å². The lowest BCUT2D eigenvalue weighted by atomic mass is 9.94. The van der Waals surface area contributed by atoms with Crippen molar-refractivity contribution in [2.24, 2.45) is 5.92 Å². The van der Waals surface area contributed by atoms with Crippen molar-refractivity contribution in [1.29, 1.82) is 5.26 Å². The summed E-state index contributed by atoms with van der Waals surface area (Å²) in [5, 5.41) is 8.85. The molecule has 3 rings (SSSR count). The van der Waals surface area contributed by atoms with Gasteiger partial charge < -0.3 is 9.80 Å². The van der Waals surface area contributed by atoms with Crippen molar-refractivity contribution in [3.8, 4) is 6.07 Å². The molecule has 0 N–H and O–H groups in total. The van der Waals surface area contributed by atoms with Crippen molar-refractivity contribution in [1.82, 2.24) is 4.90 Å². The van der Waals surface area contributed by atoms with Gasteiger partial charge in [-0.3, -0.25) is 4.79 Å². The SMILES string of the molecule is N#Cc1ccc(N2CCC(C(=O)N3CCSCC3)CC2)cc1. The number of piperidine rings is 1. The van der Waals surface area contributed by atoms with Crippen LogP contribution < -0.4 is 4.90 Å². The molecular weight excluding hydrogens is 294 g/mol. The van der Waals surface area contributed by atoms with E-state index in [9.17, 15) is 4.79 Å². The summed E-state index contributed by atoms with van der Waals surface area (Å²) >= 11 is 1.94. The highest BCUT2D eigenvalue weighted by Crippen LogP contribution is 2.25. The van der Waals surface area contributed by atoms with Crippen LogP contribution >= 0.6 is 11.8 Å². The van der Waals surface area contributed by atoms with Crippen molar-refractivity contribution in [2.75, 3.05) is 42.6 Å². The Hall–Kier alpha value is -1.67. The van der Waals surface area contributed by atoms with E-state index in [-0.39, 0.29) is 5.92 Å². The summed E-state index contributed by atoms with van der Waals surface area (Å²) in [5.74, 6) is 2.71. The molecular formula is C17H21N3OS. The summed E-state index contributed by atoms with van der Waals surface area (Å²) in [4.78, 5) is 16.9. The van der Waals surface area contributed by atoms with E-state index in [1.54, 1.807) is 0 Å². The molecule has 1 aromatic carbocycles. The van der Waals surface area contributed by atoms with Gasteiger partial charge in [-0.2, -0.15) is 17.0 Å². The predicted molar refractivity (Wildman–Crippen MR) is 90.0 cm³/mol. The monoisotopic (exact) mass is 315 g/mol. The number of anilines is 1. The molecule has 4 nitrogen and oxygen atoms in total. The summed E-state index contributed by atoms with van der Waals surface area (Å²) < 4.78 is 0. The Morgan fingerprint density at radius 1 is 1.09 bits per heavy atom. The van der Waals surface area contributed by atoms with E-state index in [1.807, 2.05) is 36.0 Å². The number of nitriles is 1. The molecule has 2 fully saturated rings. The second-order valence-electron chi connectivity index (χ2n) is 5.86. The molecule has 2 aliphatic rings.